The highest BCUT2D eigenvalue weighted by atomic mass is 16.6. The number of esters is 1. The fourth-order valence-corrected chi connectivity index (χ4v) is 1.36. The summed E-state index contributed by atoms with van der Waals surface area (Å²) in [7, 11) is 2.66. The van der Waals surface area contributed by atoms with Crippen molar-refractivity contribution in [3.05, 3.63) is 33.9 Å². The highest BCUT2D eigenvalue weighted by Crippen LogP contribution is 2.25. The Morgan fingerprint density at radius 1 is 1.42 bits per heavy atom. The van der Waals surface area contributed by atoms with Crippen LogP contribution in [-0.4, -0.2) is 37.5 Å². The second-order valence-corrected chi connectivity index (χ2v) is 3.50. The minimum atomic E-state index is -0.604. The number of nitro benzene ring substituents is 1. The lowest BCUT2D eigenvalue weighted by molar-refractivity contribution is -0.384. The molecule has 0 radical (unpaired) electrons. The smallest absolute Gasteiger partial charge is 0.325 e. The Hall–Kier alpha value is -2.64. The molecule has 0 saturated carbocycles. The molecule has 0 atom stereocenters. The van der Waals surface area contributed by atoms with Gasteiger partial charge in [0.2, 0.25) is 0 Å². The average Bonchev–Trinajstić information content (AvgIpc) is 2.43. The molecule has 0 heterocycles. The summed E-state index contributed by atoms with van der Waals surface area (Å²) in [6.45, 7) is -0.228. The Kier molecular flexibility index (Phi) is 4.81. The molecule has 0 aromatic heterocycles. The van der Waals surface area contributed by atoms with Crippen LogP contribution in [0.2, 0.25) is 0 Å². The van der Waals surface area contributed by atoms with E-state index in [1.54, 1.807) is 0 Å². The Morgan fingerprint density at radius 3 is 2.63 bits per heavy atom. The summed E-state index contributed by atoms with van der Waals surface area (Å²) in [5.74, 6) is -0.948. The number of rotatable bonds is 5. The van der Waals surface area contributed by atoms with Crippen LogP contribution in [0, 0.1) is 10.1 Å². The lowest BCUT2D eigenvalue weighted by Crippen LogP contribution is -2.19. The molecule has 0 bridgehead atoms. The summed E-state index contributed by atoms with van der Waals surface area (Å²) in [4.78, 5) is 32.7. The van der Waals surface area contributed by atoms with Gasteiger partial charge < -0.3 is 15.4 Å². The zero-order valence-corrected chi connectivity index (χ0v) is 10.4. The van der Waals surface area contributed by atoms with Crippen LogP contribution in [0.15, 0.2) is 18.2 Å². The number of methoxy groups -OCH3 is 1. The number of benzene rings is 1. The fraction of sp³-hybridized carbons (Fsp3) is 0.273. The van der Waals surface area contributed by atoms with E-state index in [1.165, 1.54) is 32.4 Å². The third-order valence-electron chi connectivity index (χ3n) is 2.33. The molecule has 0 fully saturated rings. The van der Waals surface area contributed by atoms with E-state index in [-0.39, 0.29) is 29.4 Å². The quantitative estimate of drug-likeness (QED) is 0.457. The third kappa shape index (κ3) is 3.66. The Morgan fingerprint density at radius 2 is 2.11 bits per heavy atom. The Labute approximate surface area is 108 Å². The number of hydrogen-bond donors (Lipinski definition) is 2. The van der Waals surface area contributed by atoms with E-state index >= 15 is 0 Å². The lowest BCUT2D eigenvalue weighted by atomic mass is 10.1. The molecule has 0 saturated heterocycles. The highest BCUT2D eigenvalue weighted by Gasteiger charge is 2.17. The molecule has 0 aliphatic heterocycles. The van der Waals surface area contributed by atoms with Gasteiger partial charge in [-0.2, -0.15) is 0 Å². The molecule has 8 nitrogen and oxygen atoms in total. The number of nitrogens with zero attached hydrogens (tertiary/aromatic N) is 1. The van der Waals surface area contributed by atoms with Crippen LogP contribution >= 0.6 is 0 Å². The predicted molar refractivity (Wildman–Crippen MR) is 67.0 cm³/mol. The van der Waals surface area contributed by atoms with Gasteiger partial charge in [-0.25, -0.2) is 0 Å². The van der Waals surface area contributed by atoms with Crippen LogP contribution in [0.1, 0.15) is 10.4 Å². The first-order chi connectivity index (χ1) is 8.99. The zero-order chi connectivity index (χ0) is 14.4. The number of amides is 1. The number of ether oxygens (including phenoxy) is 1. The maximum absolute atomic E-state index is 11.4. The van der Waals surface area contributed by atoms with Gasteiger partial charge in [0.05, 0.1) is 12.0 Å². The van der Waals surface area contributed by atoms with Crippen molar-refractivity contribution in [2.24, 2.45) is 0 Å². The van der Waals surface area contributed by atoms with Gasteiger partial charge in [-0.1, -0.05) is 0 Å². The molecule has 102 valence electrons. The normalized spacial score (nSPS) is 9.58. The van der Waals surface area contributed by atoms with Crippen LogP contribution < -0.4 is 10.6 Å². The van der Waals surface area contributed by atoms with Gasteiger partial charge in [-0.3, -0.25) is 19.7 Å². The number of nitrogens with one attached hydrogen (secondary N) is 2. The van der Waals surface area contributed by atoms with Crippen molar-refractivity contribution in [2.45, 2.75) is 0 Å². The Bertz CT molecular complexity index is 515. The monoisotopic (exact) mass is 267 g/mol. The summed E-state index contributed by atoms with van der Waals surface area (Å²) >= 11 is 0. The number of hydrogen-bond acceptors (Lipinski definition) is 6. The SMILES string of the molecule is CNC(=O)c1ccc([N+](=O)[O-])c(NCC(=O)OC)c1. The van der Waals surface area contributed by atoms with Crippen molar-refractivity contribution in [1.82, 2.24) is 5.32 Å². The zero-order valence-electron chi connectivity index (χ0n) is 10.4. The third-order valence-corrected chi connectivity index (χ3v) is 2.33. The van der Waals surface area contributed by atoms with Crippen molar-refractivity contribution >= 4 is 23.3 Å². The van der Waals surface area contributed by atoms with Gasteiger partial charge >= 0.3 is 5.97 Å². The van der Waals surface area contributed by atoms with E-state index in [4.69, 9.17) is 0 Å². The van der Waals surface area contributed by atoms with E-state index in [0.29, 0.717) is 0 Å². The molecule has 19 heavy (non-hydrogen) atoms. The van der Waals surface area contributed by atoms with Gasteiger partial charge in [0, 0.05) is 18.7 Å². The number of nitro groups is 1. The maximum atomic E-state index is 11.4. The van der Waals surface area contributed by atoms with E-state index in [0.717, 1.165) is 0 Å². The molecular formula is C11H13N3O5. The van der Waals surface area contributed by atoms with Crippen molar-refractivity contribution in [3.8, 4) is 0 Å². The molecule has 0 unspecified atom stereocenters. The Balaban J connectivity index is 3.05. The molecule has 8 heteroatoms. The molecule has 0 spiro atoms. The number of anilines is 1. The van der Waals surface area contributed by atoms with Crippen LogP contribution in [0.3, 0.4) is 0 Å². The molecular weight excluding hydrogens is 254 g/mol. The van der Waals surface area contributed by atoms with Crippen LogP contribution in [0.5, 0.6) is 0 Å². The first kappa shape index (κ1) is 14.4. The largest absolute Gasteiger partial charge is 0.468 e. The standard InChI is InChI=1S/C11H13N3O5/c1-12-11(16)7-3-4-9(14(17)18)8(5-7)13-6-10(15)19-2/h3-5,13H,6H2,1-2H3,(H,12,16). The molecule has 2 N–H and O–H groups in total. The van der Waals surface area contributed by atoms with Crippen molar-refractivity contribution in [3.63, 3.8) is 0 Å². The number of carbonyl (C=O) groups excluding carboxylic acids is 2. The van der Waals surface area contributed by atoms with Gasteiger partial charge in [-0.05, 0) is 12.1 Å². The van der Waals surface area contributed by atoms with Crippen LogP contribution in [-0.2, 0) is 9.53 Å². The first-order valence-electron chi connectivity index (χ1n) is 5.30. The summed E-state index contributed by atoms with van der Waals surface area (Å²) in [5.41, 5.74) is 0.105. The van der Waals surface area contributed by atoms with Crippen LogP contribution in [0.25, 0.3) is 0 Å². The highest BCUT2D eigenvalue weighted by molar-refractivity contribution is 5.95. The van der Waals surface area contributed by atoms with E-state index in [2.05, 4.69) is 15.4 Å². The van der Waals surface area contributed by atoms with E-state index in [1.807, 2.05) is 0 Å². The summed E-state index contributed by atoms with van der Waals surface area (Å²) in [6.07, 6.45) is 0. The van der Waals surface area contributed by atoms with Crippen molar-refractivity contribution in [2.75, 3.05) is 26.0 Å². The lowest BCUT2D eigenvalue weighted by Gasteiger charge is -2.07. The van der Waals surface area contributed by atoms with E-state index < -0.39 is 10.9 Å². The second kappa shape index (κ2) is 6.34. The van der Waals surface area contributed by atoms with E-state index in [9.17, 15) is 19.7 Å². The fourth-order valence-electron chi connectivity index (χ4n) is 1.36. The molecule has 1 amide bonds. The van der Waals surface area contributed by atoms with Crippen LogP contribution in [0.4, 0.5) is 11.4 Å². The molecule has 1 rings (SSSR count). The van der Waals surface area contributed by atoms with Gasteiger partial charge in [-0.15, -0.1) is 0 Å². The topological polar surface area (TPSA) is 111 Å². The summed E-state index contributed by atoms with van der Waals surface area (Å²) in [6, 6.07) is 3.84. The second-order valence-electron chi connectivity index (χ2n) is 3.50. The van der Waals surface area contributed by atoms with Gasteiger partial charge in [0.1, 0.15) is 12.2 Å². The minimum Gasteiger partial charge on any atom is -0.468 e. The first-order valence-corrected chi connectivity index (χ1v) is 5.30. The van der Waals surface area contributed by atoms with Gasteiger partial charge in [0.15, 0.2) is 0 Å². The molecule has 0 aliphatic rings. The molecule has 0 aliphatic carbocycles. The predicted octanol–water partition coefficient (Wildman–Crippen LogP) is 0.539. The molecule has 1 aromatic carbocycles. The minimum absolute atomic E-state index is 0.0801. The number of carbonyl (C=O) groups is 2. The summed E-state index contributed by atoms with van der Waals surface area (Å²) in [5, 5.41) is 15.8. The van der Waals surface area contributed by atoms with Gasteiger partial charge in [0.25, 0.3) is 11.6 Å². The molecule has 1 aromatic rings. The average molecular weight is 267 g/mol. The van der Waals surface area contributed by atoms with Crippen molar-refractivity contribution < 1.29 is 19.2 Å². The maximum Gasteiger partial charge on any atom is 0.325 e. The summed E-state index contributed by atoms with van der Waals surface area (Å²) < 4.78 is 4.42. The van der Waals surface area contributed by atoms with Crippen molar-refractivity contribution in [1.29, 1.82) is 0 Å².